The molecule has 0 saturated carbocycles. The Morgan fingerprint density at radius 3 is 2.70 bits per heavy atom. The molecule has 0 amide bonds. The molecule has 20 heavy (non-hydrogen) atoms. The number of hydrogen-bond donors (Lipinski definition) is 0. The summed E-state index contributed by atoms with van der Waals surface area (Å²) >= 11 is 0. The smallest absolute Gasteiger partial charge is 0.411 e. The van der Waals surface area contributed by atoms with Gasteiger partial charge in [-0.05, 0) is 9.91 Å². The fraction of sp³-hybridized carbons (Fsp3) is 0.182. The van der Waals surface area contributed by atoms with Gasteiger partial charge in [0.25, 0.3) is 5.65 Å². The highest BCUT2D eigenvalue weighted by Gasteiger charge is 2.21. The SMILES string of the molecule is COc1cc(OC)c2nnc3c([N+](=O)[O-])ncn3c2c1. The summed E-state index contributed by atoms with van der Waals surface area (Å²) in [6.07, 6.45) is 1.32. The average molecular weight is 275 g/mol. The maximum absolute atomic E-state index is 10.9. The van der Waals surface area contributed by atoms with E-state index in [4.69, 9.17) is 9.47 Å². The second-order valence-electron chi connectivity index (χ2n) is 3.92. The van der Waals surface area contributed by atoms with Crippen molar-refractivity contribution in [3.8, 4) is 11.5 Å². The summed E-state index contributed by atoms with van der Waals surface area (Å²) in [5.41, 5.74) is 1.10. The molecular weight excluding hydrogens is 266 g/mol. The number of rotatable bonds is 3. The average Bonchev–Trinajstić information content (AvgIpc) is 2.90. The Balaban J connectivity index is 2.44. The van der Waals surface area contributed by atoms with Gasteiger partial charge in [-0.2, -0.15) is 0 Å². The minimum Gasteiger partial charge on any atom is -0.497 e. The van der Waals surface area contributed by atoms with Crippen molar-refractivity contribution in [2.45, 2.75) is 0 Å². The van der Waals surface area contributed by atoms with Crippen molar-refractivity contribution < 1.29 is 14.4 Å². The van der Waals surface area contributed by atoms with Crippen LogP contribution in [0.15, 0.2) is 18.5 Å². The van der Waals surface area contributed by atoms with Gasteiger partial charge in [-0.15, -0.1) is 10.2 Å². The maximum atomic E-state index is 10.9. The minimum absolute atomic E-state index is 0.0674. The Hall–Kier alpha value is -2.97. The van der Waals surface area contributed by atoms with Crippen LogP contribution < -0.4 is 9.47 Å². The molecule has 3 rings (SSSR count). The Bertz CT molecular complexity index is 828. The van der Waals surface area contributed by atoms with Crippen molar-refractivity contribution in [2.24, 2.45) is 0 Å². The van der Waals surface area contributed by atoms with Gasteiger partial charge in [0.2, 0.25) is 6.33 Å². The van der Waals surface area contributed by atoms with E-state index in [2.05, 4.69) is 15.2 Å². The second-order valence-corrected chi connectivity index (χ2v) is 3.92. The predicted molar refractivity (Wildman–Crippen MR) is 68.0 cm³/mol. The zero-order valence-corrected chi connectivity index (χ0v) is 10.6. The Morgan fingerprint density at radius 2 is 2.05 bits per heavy atom. The summed E-state index contributed by atoms with van der Waals surface area (Å²) < 4.78 is 11.9. The maximum Gasteiger partial charge on any atom is 0.411 e. The molecule has 102 valence electrons. The molecule has 3 aromatic rings. The van der Waals surface area contributed by atoms with Gasteiger partial charge >= 0.3 is 5.82 Å². The van der Waals surface area contributed by atoms with Gasteiger partial charge in [0.1, 0.15) is 5.75 Å². The van der Waals surface area contributed by atoms with Crippen molar-refractivity contribution in [1.29, 1.82) is 0 Å². The molecule has 0 aliphatic rings. The van der Waals surface area contributed by atoms with E-state index in [0.717, 1.165) is 0 Å². The van der Waals surface area contributed by atoms with Crippen LogP contribution in [0, 0.1) is 10.1 Å². The van der Waals surface area contributed by atoms with Crippen LogP contribution >= 0.6 is 0 Å². The lowest BCUT2D eigenvalue weighted by Crippen LogP contribution is -1.99. The lowest BCUT2D eigenvalue weighted by Gasteiger charge is -2.07. The highest BCUT2D eigenvalue weighted by atomic mass is 16.6. The highest BCUT2D eigenvalue weighted by Crippen LogP contribution is 2.30. The van der Waals surface area contributed by atoms with Gasteiger partial charge in [-0.3, -0.25) is 4.40 Å². The molecule has 2 aromatic heterocycles. The molecular formula is C11H9N5O4. The number of aromatic nitrogens is 4. The molecule has 0 atom stereocenters. The van der Waals surface area contributed by atoms with Gasteiger partial charge in [0.05, 0.1) is 19.7 Å². The molecule has 0 spiro atoms. The van der Waals surface area contributed by atoms with E-state index in [1.54, 1.807) is 12.1 Å². The first-order valence-electron chi connectivity index (χ1n) is 5.55. The molecule has 0 radical (unpaired) electrons. The van der Waals surface area contributed by atoms with Crippen LogP contribution in [0.3, 0.4) is 0 Å². The van der Waals surface area contributed by atoms with Crippen LogP contribution in [0.4, 0.5) is 5.82 Å². The number of methoxy groups -OCH3 is 2. The molecule has 0 aliphatic carbocycles. The van der Waals surface area contributed by atoms with Gasteiger partial charge < -0.3 is 19.6 Å². The first-order chi connectivity index (χ1) is 9.65. The zero-order valence-electron chi connectivity index (χ0n) is 10.6. The molecule has 0 unspecified atom stereocenters. The van der Waals surface area contributed by atoms with E-state index in [-0.39, 0.29) is 11.5 Å². The van der Waals surface area contributed by atoms with E-state index in [9.17, 15) is 10.1 Å². The molecule has 0 fully saturated rings. The number of fused-ring (bicyclic) bond motifs is 3. The van der Waals surface area contributed by atoms with Gasteiger partial charge in [0.15, 0.2) is 11.3 Å². The lowest BCUT2D eigenvalue weighted by atomic mass is 10.2. The third-order valence-corrected chi connectivity index (χ3v) is 2.88. The number of imidazole rings is 1. The van der Waals surface area contributed by atoms with Gasteiger partial charge in [0, 0.05) is 12.1 Å². The molecule has 1 aromatic carbocycles. The third kappa shape index (κ3) is 1.60. The third-order valence-electron chi connectivity index (χ3n) is 2.88. The quantitative estimate of drug-likeness (QED) is 0.522. The fourth-order valence-electron chi connectivity index (χ4n) is 1.95. The van der Waals surface area contributed by atoms with Crippen molar-refractivity contribution in [3.05, 3.63) is 28.6 Å². The van der Waals surface area contributed by atoms with Crippen molar-refractivity contribution in [1.82, 2.24) is 19.6 Å². The minimum atomic E-state index is -0.604. The van der Waals surface area contributed by atoms with Crippen molar-refractivity contribution in [3.63, 3.8) is 0 Å². The summed E-state index contributed by atoms with van der Waals surface area (Å²) in [6, 6.07) is 3.35. The molecule has 0 N–H and O–H groups in total. The molecule has 9 nitrogen and oxygen atoms in total. The van der Waals surface area contributed by atoms with Crippen LogP contribution in [0.2, 0.25) is 0 Å². The van der Waals surface area contributed by atoms with E-state index in [0.29, 0.717) is 22.5 Å². The summed E-state index contributed by atoms with van der Waals surface area (Å²) in [6.45, 7) is 0. The fourth-order valence-corrected chi connectivity index (χ4v) is 1.95. The lowest BCUT2D eigenvalue weighted by molar-refractivity contribution is -0.387. The second kappa shape index (κ2) is 4.30. The van der Waals surface area contributed by atoms with Crippen molar-refractivity contribution >= 4 is 22.5 Å². The molecule has 9 heteroatoms. The Labute approximate surface area is 111 Å². The van der Waals surface area contributed by atoms with E-state index < -0.39 is 4.92 Å². The van der Waals surface area contributed by atoms with Crippen LogP contribution in [0.5, 0.6) is 11.5 Å². The Kier molecular flexibility index (Phi) is 2.60. The normalized spacial score (nSPS) is 10.9. The Morgan fingerprint density at radius 1 is 1.25 bits per heavy atom. The predicted octanol–water partition coefficient (Wildman–Crippen LogP) is 1.20. The number of nitro groups is 1. The van der Waals surface area contributed by atoms with E-state index in [1.807, 2.05) is 0 Å². The monoisotopic (exact) mass is 275 g/mol. The number of ether oxygens (including phenoxy) is 2. The van der Waals surface area contributed by atoms with E-state index in [1.165, 1.54) is 24.9 Å². The largest absolute Gasteiger partial charge is 0.497 e. The topological polar surface area (TPSA) is 105 Å². The molecule has 0 saturated heterocycles. The number of benzene rings is 1. The summed E-state index contributed by atoms with van der Waals surface area (Å²) in [4.78, 5) is 14.0. The number of hydrogen-bond acceptors (Lipinski definition) is 7. The first kappa shape index (κ1) is 12.1. The van der Waals surface area contributed by atoms with Gasteiger partial charge in [-0.1, -0.05) is 0 Å². The first-order valence-corrected chi connectivity index (χ1v) is 5.55. The highest BCUT2D eigenvalue weighted by molar-refractivity contribution is 5.85. The summed E-state index contributed by atoms with van der Waals surface area (Å²) in [5, 5.41) is 18.7. The summed E-state index contributed by atoms with van der Waals surface area (Å²) in [7, 11) is 3.01. The standard InChI is InChI=1S/C11H9N5O4/c1-19-6-3-7-9(8(4-6)20-2)13-14-11-10(16(17)18)12-5-15(7)11/h3-5H,1-2H3. The summed E-state index contributed by atoms with van der Waals surface area (Å²) in [5.74, 6) is 0.659. The zero-order chi connectivity index (χ0) is 14.3. The van der Waals surface area contributed by atoms with Gasteiger partial charge in [-0.25, -0.2) is 0 Å². The number of nitrogens with zero attached hydrogens (tertiary/aromatic N) is 5. The van der Waals surface area contributed by atoms with Crippen molar-refractivity contribution in [2.75, 3.05) is 14.2 Å². The van der Waals surface area contributed by atoms with Crippen LogP contribution in [-0.2, 0) is 0 Å². The molecule has 0 aliphatic heterocycles. The van der Waals surface area contributed by atoms with E-state index >= 15 is 0 Å². The van der Waals surface area contributed by atoms with Crippen LogP contribution in [0.25, 0.3) is 16.7 Å². The molecule has 2 heterocycles. The molecule has 0 bridgehead atoms. The van der Waals surface area contributed by atoms with Crippen LogP contribution in [-0.4, -0.2) is 38.7 Å². The van der Waals surface area contributed by atoms with Crippen LogP contribution in [0.1, 0.15) is 0 Å².